The minimum Gasteiger partial charge on any atom is -0.341 e. The average Bonchev–Trinajstić information content (AvgIpc) is 2.79. The van der Waals surface area contributed by atoms with Crippen LogP contribution >= 0.6 is 12.6 Å². The molecule has 3 rings (SSSR count). The van der Waals surface area contributed by atoms with E-state index in [0.29, 0.717) is 12.5 Å². The maximum Gasteiger partial charge on any atom is 0.225 e. The number of rotatable bonds is 2. The predicted molar refractivity (Wildman–Crippen MR) is 76.4 cm³/mol. The summed E-state index contributed by atoms with van der Waals surface area (Å²) in [4.78, 5) is 24.6. The standard InChI is InChI=1S/C13H18N4OS/c18-12-8-11(19)9-17(12)10-2-6-16(7-3-10)13-14-4-1-5-15-13/h1,4-5,10-11,19H,2-3,6-9H2. The first kappa shape index (κ1) is 12.7. The highest BCUT2D eigenvalue weighted by molar-refractivity contribution is 7.81. The lowest BCUT2D eigenvalue weighted by atomic mass is 10.0. The molecule has 2 fully saturated rings. The number of thiol groups is 1. The second-order valence-corrected chi connectivity index (χ2v) is 5.90. The molecule has 0 bridgehead atoms. The third-order valence-electron chi connectivity index (χ3n) is 3.88. The van der Waals surface area contributed by atoms with Crippen LogP contribution in [0, 0.1) is 0 Å². The summed E-state index contributed by atoms with van der Waals surface area (Å²) in [5.74, 6) is 1.05. The smallest absolute Gasteiger partial charge is 0.225 e. The molecule has 0 radical (unpaired) electrons. The lowest BCUT2D eigenvalue weighted by Crippen LogP contribution is -2.46. The zero-order valence-corrected chi connectivity index (χ0v) is 11.7. The molecule has 2 saturated heterocycles. The van der Waals surface area contributed by atoms with Crippen LogP contribution in [0.3, 0.4) is 0 Å². The molecule has 1 atom stereocenters. The highest BCUT2D eigenvalue weighted by Gasteiger charge is 2.34. The fourth-order valence-corrected chi connectivity index (χ4v) is 3.23. The van der Waals surface area contributed by atoms with Crippen molar-refractivity contribution in [2.45, 2.75) is 30.6 Å². The summed E-state index contributed by atoms with van der Waals surface area (Å²) in [6.07, 6.45) is 6.11. The quantitative estimate of drug-likeness (QED) is 0.819. The molecule has 1 amide bonds. The Kier molecular flexibility index (Phi) is 3.59. The molecule has 6 heteroatoms. The van der Waals surface area contributed by atoms with E-state index in [1.54, 1.807) is 12.4 Å². The summed E-state index contributed by atoms with van der Waals surface area (Å²) < 4.78 is 0. The number of aromatic nitrogens is 2. The molecule has 0 N–H and O–H groups in total. The topological polar surface area (TPSA) is 49.3 Å². The molecule has 1 aromatic heterocycles. The SMILES string of the molecule is O=C1CC(S)CN1C1CCN(c2ncccn2)CC1. The second kappa shape index (κ2) is 5.36. The number of amides is 1. The Morgan fingerprint density at radius 3 is 2.47 bits per heavy atom. The number of carbonyl (C=O) groups excluding carboxylic acids is 1. The monoisotopic (exact) mass is 278 g/mol. The molecular formula is C13H18N4OS. The van der Waals surface area contributed by atoms with Crippen molar-refractivity contribution in [1.82, 2.24) is 14.9 Å². The summed E-state index contributed by atoms with van der Waals surface area (Å²) >= 11 is 4.41. The van der Waals surface area contributed by atoms with Gasteiger partial charge in [0.15, 0.2) is 0 Å². The van der Waals surface area contributed by atoms with Crippen LogP contribution in [0.4, 0.5) is 5.95 Å². The first-order valence-corrected chi connectivity index (χ1v) is 7.25. The molecule has 1 unspecified atom stereocenters. The third-order valence-corrected chi connectivity index (χ3v) is 4.22. The van der Waals surface area contributed by atoms with Crippen molar-refractivity contribution in [3.05, 3.63) is 18.5 Å². The number of piperidine rings is 1. The zero-order chi connectivity index (χ0) is 13.2. The van der Waals surface area contributed by atoms with Crippen LogP contribution in [0.2, 0.25) is 0 Å². The summed E-state index contributed by atoms with van der Waals surface area (Å²) in [5, 5.41) is 0.211. The van der Waals surface area contributed by atoms with Gasteiger partial charge >= 0.3 is 0 Å². The van der Waals surface area contributed by atoms with Gasteiger partial charge in [-0.05, 0) is 18.9 Å². The van der Waals surface area contributed by atoms with Crippen LogP contribution in [0.25, 0.3) is 0 Å². The molecule has 1 aromatic rings. The van der Waals surface area contributed by atoms with Gasteiger partial charge in [-0.3, -0.25) is 4.79 Å². The Morgan fingerprint density at radius 2 is 1.89 bits per heavy atom. The number of nitrogens with zero attached hydrogens (tertiary/aromatic N) is 4. The van der Waals surface area contributed by atoms with Crippen LogP contribution in [-0.4, -0.2) is 51.7 Å². The van der Waals surface area contributed by atoms with Crippen LogP contribution in [0.15, 0.2) is 18.5 Å². The van der Waals surface area contributed by atoms with Gasteiger partial charge in [0.1, 0.15) is 0 Å². The van der Waals surface area contributed by atoms with E-state index in [-0.39, 0.29) is 11.2 Å². The number of carbonyl (C=O) groups is 1. The second-order valence-electron chi connectivity index (χ2n) is 5.17. The van der Waals surface area contributed by atoms with E-state index < -0.39 is 0 Å². The summed E-state index contributed by atoms with van der Waals surface area (Å²) in [5.41, 5.74) is 0. The molecule has 19 heavy (non-hydrogen) atoms. The van der Waals surface area contributed by atoms with E-state index >= 15 is 0 Å². The molecule has 0 spiro atoms. The van der Waals surface area contributed by atoms with Gasteiger partial charge in [-0.25, -0.2) is 9.97 Å². The molecule has 0 saturated carbocycles. The van der Waals surface area contributed by atoms with Gasteiger partial charge in [-0.15, -0.1) is 0 Å². The fraction of sp³-hybridized carbons (Fsp3) is 0.615. The van der Waals surface area contributed by atoms with Crippen LogP contribution in [0.1, 0.15) is 19.3 Å². The van der Waals surface area contributed by atoms with Gasteiger partial charge in [0.05, 0.1) is 0 Å². The number of likely N-dealkylation sites (tertiary alicyclic amines) is 1. The van der Waals surface area contributed by atoms with Crippen LogP contribution < -0.4 is 4.90 Å². The Bertz CT molecular complexity index is 447. The molecule has 0 aromatic carbocycles. The normalized spacial score (nSPS) is 25.1. The number of hydrogen-bond acceptors (Lipinski definition) is 5. The zero-order valence-electron chi connectivity index (χ0n) is 10.8. The molecule has 2 aliphatic heterocycles. The van der Waals surface area contributed by atoms with E-state index in [9.17, 15) is 4.79 Å². The maximum absolute atomic E-state index is 11.9. The van der Waals surface area contributed by atoms with Gasteiger partial charge < -0.3 is 9.80 Å². The largest absolute Gasteiger partial charge is 0.341 e. The Morgan fingerprint density at radius 1 is 1.21 bits per heavy atom. The summed E-state index contributed by atoms with van der Waals surface area (Å²) in [6, 6.07) is 2.19. The van der Waals surface area contributed by atoms with E-state index in [1.165, 1.54) is 0 Å². The van der Waals surface area contributed by atoms with Crippen molar-refractivity contribution in [2.24, 2.45) is 0 Å². The molecule has 102 valence electrons. The van der Waals surface area contributed by atoms with Crippen molar-refractivity contribution in [3.63, 3.8) is 0 Å². The number of hydrogen-bond donors (Lipinski definition) is 1. The molecule has 3 heterocycles. The van der Waals surface area contributed by atoms with Gasteiger partial charge in [0.2, 0.25) is 11.9 Å². The van der Waals surface area contributed by atoms with Gasteiger partial charge in [0, 0.05) is 49.7 Å². The summed E-state index contributed by atoms with van der Waals surface area (Å²) in [6.45, 7) is 2.62. The minimum absolute atomic E-state index is 0.211. The predicted octanol–water partition coefficient (Wildman–Crippen LogP) is 0.976. The lowest BCUT2D eigenvalue weighted by Gasteiger charge is -2.36. The van der Waals surface area contributed by atoms with Gasteiger partial charge in [0.25, 0.3) is 0 Å². The third kappa shape index (κ3) is 2.68. The molecular weight excluding hydrogens is 260 g/mol. The number of anilines is 1. The van der Waals surface area contributed by atoms with Crippen molar-refractivity contribution < 1.29 is 4.79 Å². The molecule has 0 aliphatic carbocycles. The first-order valence-electron chi connectivity index (χ1n) is 6.73. The van der Waals surface area contributed by atoms with E-state index in [4.69, 9.17) is 0 Å². The van der Waals surface area contributed by atoms with Crippen molar-refractivity contribution in [2.75, 3.05) is 24.5 Å². The van der Waals surface area contributed by atoms with E-state index in [2.05, 4.69) is 27.5 Å². The molecule has 5 nitrogen and oxygen atoms in total. The van der Waals surface area contributed by atoms with Crippen molar-refractivity contribution in [3.8, 4) is 0 Å². The average molecular weight is 278 g/mol. The fourth-order valence-electron chi connectivity index (χ4n) is 2.90. The van der Waals surface area contributed by atoms with E-state index in [0.717, 1.165) is 38.4 Å². The summed E-state index contributed by atoms with van der Waals surface area (Å²) in [7, 11) is 0. The van der Waals surface area contributed by atoms with Gasteiger partial charge in [-0.2, -0.15) is 12.6 Å². The Hall–Kier alpha value is -1.30. The Labute approximate surface area is 118 Å². The minimum atomic E-state index is 0.211. The Balaban J connectivity index is 1.59. The van der Waals surface area contributed by atoms with Gasteiger partial charge in [-0.1, -0.05) is 0 Å². The highest BCUT2D eigenvalue weighted by atomic mass is 32.1. The molecule has 2 aliphatic rings. The van der Waals surface area contributed by atoms with Crippen LogP contribution in [-0.2, 0) is 4.79 Å². The highest BCUT2D eigenvalue weighted by Crippen LogP contribution is 2.25. The van der Waals surface area contributed by atoms with E-state index in [1.807, 2.05) is 11.0 Å². The lowest BCUT2D eigenvalue weighted by molar-refractivity contribution is -0.130. The van der Waals surface area contributed by atoms with Crippen molar-refractivity contribution >= 4 is 24.5 Å². The first-order chi connectivity index (χ1) is 9.24. The van der Waals surface area contributed by atoms with Crippen LogP contribution in [0.5, 0.6) is 0 Å². The van der Waals surface area contributed by atoms with Crippen molar-refractivity contribution in [1.29, 1.82) is 0 Å². The maximum atomic E-state index is 11.9.